The number of hydrogen-bond acceptors (Lipinski definition) is 3. The van der Waals surface area contributed by atoms with Crippen LogP contribution in [0.3, 0.4) is 0 Å². The molecule has 1 amide bonds. The third kappa shape index (κ3) is 2.78. The van der Waals surface area contributed by atoms with E-state index in [4.69, 9.17) is 28.9 Å². The minimum Gasteiger partial charge on any atom is -0.396 e. The van der Waals surface area contributed by atoms with Gasteiger partial charge in [-0.1, -0.05) is 23.2 Å². The van der Waals surface area contributed by atoms with Crippen molar-refractivity contribution in [1.29, 1.82) is 0 Å². The zero-order valence-electron chi connectivity index (χ0n) is 12.1. The lowest BCUT2D eigenvalue weighted by Gasteiger charge is -2.22. The number of aromatic nitrogens is 2. The third-order valence-electron chi connectivity index (χ3n) is 3.87. The molecule has 116 valence electrons. The van der Waals surface area contributed by atoms with Crippen LogP contribution in [0, 0.1) is 0 Å². The van der Waals surface area contributed by atoms with E-state index >= 15 is 0 Å². The summed E-state index contributed by atoms with van der Waals surface area (Å²) in [6, 6.07) is 3.02. The Balaban J connectivity index is 1.83. The molecule has 7 heteroatoms. The molecule has 5 nitrogen and oxygen atoms in total. The fraction of sp³-hybridized carbons (Fsp3) is 0.333. The number of halogens is 2. The number of aryl methyl sites for hydroxylation is 2. The first kappa shape index (κ1) is 15.2. The molecule has 0 radical (unpaired) electrons. The van der Waals surface area contributed by atoms with Gasteiger partial charge in [0, 0.05) is 24.4 Å². The number of rotatable bonds is 2. The minimum absolute atomic E-state index is 0.0416. The van der Waals surface area contributed by atoms with Crippen LogP contribution in [0.25, 0.3) is 0 Å². The molecule has 1 aromatic heterocycles. The summed E-state index contributed by atoms with van der Waals surface area (Å²) in [5.74, 6) is -0.217. The highest BCUT2D eigenvalue weighted by Gasteiger charge is 2.25. The van der Waals surface area contributed by atoms with E-state index in [1.165, 1.54) is 12.1 Å². The smallest absolute Gasteiger partial charge is 0.251 e. The molecular weight excluding hydrogens is 323 g/mol. The molecule has 22 heavy (non-hydrogen) atoms. The van der Waals surface area contributed by atoms with Crippen LogP contribution in [0.2, 0.25) is 10.0 Å². The Kier molecular flexibility index (Phi) is 4.02. The molecule has 0 saturated carbocycles. The van der Waals surface area contributed by atoms with Crippen molar-refractivity contribution in [1.82, 2.24) is 15.1 Å². The zero-order valence-corrected chi connectivity index (χ0v) is 13.6. The maximum Gasteiger partial charge on any atom is 0.251 e. The molecule has 1 aliphatic rings. The van der Waals surface area contributed by atoms with Crippen molar-refractivity contribution in [2.75, 3.05) is 5.73 Å². The maximum absolute atomic E-state index is 12.4. The van der Waals surface area contributed by atoms with Gasteiger partial charge in [-0.15, -0.1) is 0 Å². The van der Waals surface area contributed by atoms with Crippen LogP contribution < -0.4 is 11.1 Å². The van der Waals surface area contributed by atoms with Gasteiger partial charge in [0.1, 0.15) is 0 Å². The van der Waals surface area contributed by atoms with Crippen molar-refractivity contribution >= 4 is 34.8 Å². The molecule has 0 spiro atoms. The number of nitrogens with two attached hydrogens (primary N) is 1. The van der Waals surface area contributed by atoms with E-state index in [0.29, 0.717) is 5.56 Å². The van der Waals surface area contributed by atoms with Crippen LogP contribution in [0.5, 0.6) is 0 Å². The second-order valence-electron chi connectivity index (χ2n) is 5.48. The fourth-order valence-corrected chi connectivity index (χ4v) is 3.26. The Morgan fingerprint density at radius 2 is 2.09 bits per heavy atom. The van der Waals surface area contributed by atoms with E-state index < -0.39 is 0 Å². The predicted molar refractivity (Wildman–Crippen MR) is 87.2 cm³/mol. The number of nitrogens with one attached hydrogen (secondary N) is 1. The lowest BCUT2D eigenvalue weighted by atomic mass is 9.93. The molecule has 3 N–H and O–H groups in total. The molecular formula is C15H16Cl2N4O. The number of fused-ring (bicyclic) bond motifs is 1. The Labute approximate surface area is 138 Å². The van der Waals surface area contributed by atoms with Gasteiger partial charge in [-0.25, -0.2) is 0 Å². The van der Waals surface area contributed by atoms with Gasteiger partial charge in [0.05, 0.1) is 27.5 Å². The number of amides is 1. The average Bonchev–Trinajstić information content (AvgIpc) is 2.85. The Morgan fingerprint density at radius 1 is 1.41 bits per heavy atom. The summed E-state index contributed by atoms with van der Waals surface area (Å²) < 4.78 is 1.78. The monoisotopic (exact) mass is 338 g/mol. The van der Waals surface area contributed by atoms with Crippen LogP contribution >= 0.6 is 23.2 Å². The number of nitrogen functional groups attached to an aromatic ring is 1. The first-order valence-electron chi connectivity index (χ1n) is 7.03. The van der Waals surface area contributed by atoms with Crippen molar-refractivity contribution in [2.45, 2.75) is 25.3 Å². The van der Waals surface area contributed by atoms with Crippen molar-refractivity contribution in [3.63, 3.8) is 0 Å². The number of carbonyl (C=O) groups is 1. The molecule has 1 aliphatic carbocycles. The highest BCUT2D eigenvalue weighted by atomic mass is 35.5. The SMILES string of the molecule is Cn1cc2c(n1)CCCC2NC(=O)c1cc(Cl)c(N)c(Cl)c1. The van der Waals surface area contributed by atoms with Gasteiger partial charge >= 0.3 is 0 Å². The predicted octanol–water partition coefficient (Wildman–Crippen LogP) is 3.12. The summed E-state index contributed by atoms with van der Waals surface area (Å²) in [7, 11) is 1.89. The number of nitrogens with zero attached hydrogens (tertiary/aromatic N) is 2. The van der Waals surface area contributed by atoms with E-state index in [0.717, 1.165) is 30.5 Å². The lowest BCUT2D eigenvalue weighted by Crippen LogP contribution is -2.30. The molecule has 0 bridgehead atoms. The average molecular weight is 339 g/mol. The molecule has 1 heterocycles. The minimum atomic E-state index is -0.217. The van der Waals surface area contributed by atoms with Gasteiger partial charge in [0.15, 0.2) is 0 Å². The van der Waals surface area contributed by atoms with Crippen LogP contribution in [0.1, 0.15) is 40.5 Å². The summed E-state index contributed by atoms with van der Waals surface area (Å²) in [5, 5.41) is 8.02. The van der Waals surface area contributed by atoms with E-state index in [1.807, 2.05) is 13.2 Å². The molecule has 0 aliphatic heterocycles. The molecule has 1 atom stereocenters. The topological polar surface area (TPSA) is 72.9 Å². The fourth-order valence-electron chi connectivity index (χ4n) is 2.77. The van der Waals surface area contributed by atoms with E-state index in [2.05, 4.69) is 10.4 Å². The first-order chi connectivity index (χ1) is 10.5. The zero-order chi connectivity index (χ0) is 15.9. The molecule has 0 fully saturated rings. The van der Waals surface area contributed by atoms with Gasteiger partial charge in [0.2, 0.25) is 0 Å². The molecule has 2 aromatic rings. The Bertz CT molecular complexity index is 718. The third-order valence-corrected chi connectivity index (χ3v) is 4.49. The van der Waals surface area contributed by atoms with Gasteiger partial charge < -0.3 is 11.1 Å². The summed E-state index contributed by atoms with van der Waals surface area (Å²) in [5.41, 5.74) is 8.51. The van der Waals surface area contributed by atoms with Crippen molar-refractivity contribution in [2.24, 2.45) is 7.05 Å². The number of carbonyl (C=O) groups excluding carboxylic acids is 1. The van der Waals surface area contributed by atoms with Gasteiger partial charge in [-0.2, -0.15) is 5.10 Å². The van der Waals surface area contributed by atoms with Crippen molar-refractivity contribution in [3.05, 3.63) is 45.2 Å². The quantitative estimate of drug-likeness (QED) is 0.826. The van der Waals surface area contributed by atoms with Crippen molar-refractivity contribution < 1.29 is 4.79 Å². The number of benzene rings is 1. The van der Waals surface area contributed by atoms with E-state index in [1.54, 1.807) is 4.68 Å². The highest BCUT2D eigenvalue weighted by Crippen LogP contribution is 2.31. The second kappa shape index (κ2) is 5.82. The second-order valence-corrected chi connectivity index (χ2v) is 6.29. The molecule has 0 saturated heterocycles. The summed E-state index contributed by atoms with van der Waals surface area (Å²) >= 11 is 12.0. The summed E-state index contributed by atoms with van der Waals surface area (Å²) in [4.78, 5) is 12.4. The Morgan fingerprint density at radius 3 is 2.77 bits per heavy atom. The van der Waals surface area contributed by atoms with E-state index in [9.17, 15) is 4.79 Å². The van der Waals surface area contributed by atoms with Crippen LogP contribution in [-0.2, 0) is 13.5 Å². The summed E-state index contributed by atoms with van der Waals surface area (Å²) in [6.45, 7) is 0. The van der Waals surface area contributed by atoms with Crippen LogP contribution in [0.4, 0.5) is 5.69 Å². The standard InChI is InChI=1S/C15H16Cl2N4O/c1-21-7-9-12(3-2-4-13(9)20-21)19-15(22)8-5-10(16)14(18)11(17)6-8/h5-7,12H,2-4,18H2,1H3,(H,19,22). The lowest BCUT2D eigenvalue weighted by molar-refractivity contribution is 0.0933. The van der Waals surface area contributed by atoms with Crippen molar-refractivity contribution in [3.8, 4) is 0 Å². The largest absolute Gasteiger partial charge is 0.396 e. The molecule has 1 unspecified atom stereocenters. The van der Waals surface area contributed by atoms with Crippen LogP contribution in [0.15, 0.2) is 18.3 Å². The normalized spacial score (nSPS) is 17.1. The molecule has 1 aromatic carbocycles. The Hall–Kier alpha value is -1.72. The highest BCUT2D eigenvalue weighted by molar-refractivity contribution is 6.39. The first-order valence-corrected chi connectivity index (χ1v) is 7.79. The van der Waals surface area contributed by atoms with E-state index in [-0.39, 0.29) is 27.7 Å². The summed E-state index contributed by atoms with van der Waals surface area (Å²) in [6.07, 6.45) is 4.80. The molecule has 3 rings (SSSR count). The number of anilines is 1. The van der Waals surface area contributed by atoms with Gasteiger partial charge in [0.25, 0.3) is 5.91 Å². The van der Waals surface area contributed by atoms with Gasteiger partial charge in [-0.05, 0) is 31.4 Å². The van der Waals surface area contributed by atoms with Gasteiger partial charge in [-0.3, -0.25) is 9.48 Å². The number of hydrogen-bond donors (Lipinski definition) is 2. The van der Waals surface area contributed by atoms with Crippen LogP contribution in [-0.4, -0.2) is 15.7 Å². The maximum atomic E-state index is 12.4.